The number of carbonyl (C=O) groups excluding carboxylic acids is 1. The highest BCUT2D eigenvalue weighted by Gasteiger charge is 2.32. The van der Waals surface area contributed by atoms with Crippen LogP contribution in [0.5, 0.6) is 5.75 Å². The molecule has 1 N–H and O–H groups in total. The van der Waals surface area contributed by atoms with Gasteiger partial charge >= 0.3 is 0 Å². The number of carbonyl (C=O) groups is 1. The van der Waals surface area contributed by atoms with Gasteiger partial charge in [-0.05, 0) is 55.6 Å². The number of ether oxygens (including phenoxy) is 1. The first kappa shape index (κ1) is 25.1. The minimum Gasteiger partial charge on any atom is -0.486 e. The van der Waals surface area contributed by atoms with Crippen molar-refractivity contribution in [1.29, 1.82) is 0 Å². The number of hydrogen-bond donors (Lipinski definition) is 1. The summed E-state index contributed by atoms with van der Waals surface area (Å²) >= 11 is 0. The van der Waals surface area contributed by atoms with Gasteiger partial charge in [-0.2, -0.15) is 0 Å². The van der Waals surface area contributed by atoms with Gasteiger partial charge < -0.3 is 14.2 Å². The van der Waals surface area contributed by atoms with Crippen molar-refractivity contribution in [3.8, 4) is 17.0 Å². The summed E-state index contributed by atoms with van der Waals surface area (Å²) in [6.45, 7) is 1.87. The molecular formula is C29H34N4O4S. The average Bonchev–Trinajstić information content (AvgIpc) is 3.13. The molecule has 1 amide bonds. The van der Waals surface area contributed by atoms with Gasteiger partial charge in [0.15, 0.2) is 0 Å². The molecule has 1 atom stereocenters. The van der Waals surface area contributed by atoms with Crippen molar-refractivity contribution in [2.24, 2.45) is 4.99 Å². The van der Waals surface area contributed by atoms with Crippen molar-refractivity contribution >= 4 is 33.0 Å². The van der Waals surface area contributed by atoms with E-state index in [0.29, 0.717) is 31.1 Å². The minimum absolute atomic E-state index is 0.168. The molecule has 0 spiro atoms. The third kappa shape index (κ3) is 4.85. The van der Waals surface area contributed by atoms with Gasteiger partial charge in [0, 0.05) is 41.3 Å². The summed E-state index contributed by atoms with van der Waals surface area (Å²) in [6.07, 6.45) is 7.58. The zero-order chi connectivity index (χ0) is 26.3. The Morgan fingerprint density at radius 3 is 2.74 bits per heavy atom. The lowest BCUT2D eigenvalue weighted by Crippen LogP contribution is -2.37. The van der Waals surface area contributed by atoms with Gasteiger partial charge in [-0.3, -0.25) is 9.79 Å². The summed E-state index contributed by atoms with van der Waals surface area (Å²) in [5.74, 6) is 0.513. The normalized spacial score (nSPS) is 22.7. The maximum Gasteiger partial charge on any atom is 0.264 e. The molecule has 6 rings (SSSR count). The fourth-order valence-corrected chi connectivity index (χ4v) is 7.14. The Kier molecular flexibility index (Phi) is 6.74. The molecule has 38 heavy (non-hydrogen) atoms. The van der Waals surface area contributed by atoms with Crippen molar-refractivity contribution in [2.75, 3.05) is 32.4 Å². The number of aliphatic imine (C=N–C) groups is 1. The van der Waals surface area contributed by atoms with E-state index >= 15 is 0 Å². The quantitative estimate of drug-likeness (QED) is 0.505. The summed E-state index contributed by atoms with van der Waals surface area (Å²) in [5.41, 5.74) is 4.80. The molecule has 1 fully saturated rings. The second-order valence-corrected chi connectivity index (χ2v) is 12.6. The Morgan fingerprint density at radius 1 is 1.08 bits per heavy atom. The summed E-state index contributed by atoms with van der Waals surface area (Å²) in [4.78, 5) is 19.7. The molecule has 2 aromatic carbocycles. The van der Waals surface area contributed by atoms with E-state index in [9.17, 15) is 13.2 Å². The molecule has 3 aromatic rings. The molecule has 200 valence electrons. The molecule has 8 nitrogen and oxygen atoms in total. The Hall–Kier alpha value is -3.17. The van der Waals surface area contributed by atoms with Crippen LogP contribution in [0.2, 0.25) is 0 Å². The predicted molar refractivity (Wildman–Crippen MR) is 150 cm³/mol. The number of nitrogens with one attached hydrogen (secondary N) is 1. The molecule has 0 radical (unpaired) electrons. The lowest BCUT2D eigenvalue weighted by molar-refractivity contribution is 0.0981. The Morgan fingerprint density at radius 2 is 1.89 bits per heavy atom. The number of aromatic nitrogens is 1. The Bertz CT molecular complexity index is 1500. The van der Waals surface area contributed by atoms with Crippen molar-refractivity contribution in [3.05, 3.63) is 53.6 Å². The number of nitrogens with zero attached hydrogens (tertiary/aromatic N) is 3. The van der Waals surface area contributed by atoms with Crippen LogP contribution in [0.15, 0.2) is 47.5 Å². The van der Waals surface area contributed by atoms with Crippen LogP contribution in [0.1, 0.15) is 53.9 Å². The molecule has 1 aliphatic carbocycles. The van der Waals surface area contributed by atoms with E-state index in [1.54, 1.807) is 6.07 Å². The van der Waals surface area contributed by atoms with Crippen molar-refractivity contribution in [3.63, 3.8) is 0 Å². The molecule has 2 aliphatic heterocycles. The van der Waals surface area contributed by atoms with Crippen LogP contribution in [-0.2, 0) is 16.6 Å². The van der Waals surface area contributed by atoms with Crippen LogP contribution < -0.4 is 9.46 Å². The standard InChI is InChI=1S/C29H34N4O4S/c1-32-14-13-30-18-22-19-33-25-17-21(29(34)31-38(35,36)16-15-32)11-12-23(25)27(20-7-3-2-4-8-20)28(33)24-9-5-6-10-26(24)37-22/h5-6,9-13,17,20,22H,2-4,7-8,14-16,18-19H2,1H3,(H,31,34). The summed E-state index contributed by atoms with van der Waals surface area (Å²) in [6, 6.07) is 13.8. The summed E-state index contributed by atoms with van der Waals surface area (Å²) in [5, 5.41) is 1.13. The SMILES string of the molecule is CN1CC=NCC2Cn3c(c(C4CCCCC4)c4ccc(cc43)C(=O)NS(=O)(=O)CC1)-c1ccccc1O2. The molecule has 0 saturated heterocycles. The van der Waals surface area contributed by atoms with E-state index in [4.69, 9.17) is 4.74 Å². The highest BCUT2D eigenvalue weighted by Crippen LogP contribution is 2.47. The fourth-order valence-electron chi connectivity index (χ4n) is 6.09. The van der Waals surface area contributed by atoms with E-state index < -0.39 is 15.9 Å². The van der Waals surface area contributed by atoms with Gasteiger partial charge in [-0.1, -0.05) is 37.5 Å². The second-order valence-electron chi connectivity index (χ2n) is 10.7. The number of benzene rings is 2. The first-order valence-electron chi connectivity index (χ1n) is 13.5. The molecule has 1 saturated carbocycles. The highest BCUT2D eigenvalue weighted by molar-refractivity contribution is 7.90. The van der Waals surface area contributed by atoms with E-state index in [-0.39, 0.29) is 18.4 Å². The average molecular weight is 535 g/mol. The highest BCUT2D eigenvalue weighted by atomic mass is 32.2. The van der Waals surface area contributed by atoms with Gasteiger partial charge in [0.1, 0.15) is 11.9 Å². The molecule has 3 aliphatic rings. The number of rotatable bonds is 1. The van der Waals surface area contributed by atoms with E-state index in [2.05, 4.69) is 20.3 Å². The molecule has 4 bridgehead atoms. The van der Waals surface area contributed by atoms with Gasteiger partial charge in [0.05, 0.1) is 24.5 Å². The third-order valence-electron chi connectivity index (χ3n) is 8.02. The number of hydrogen-bond acceptors (Lipinski definition) is 6. The summed E-state index contributed by atoms with van der Waals surface area (Å²) in [7, 11) is -1.94. The Balaban J connectivity index is 1.57. The van der Waals surface area contributed by atoms with E-state index in [1.807, 2.05) is 48.5 Å². The van der Waals surface area contributed by atoms with Gasteiger partial charge in [0.25, 0.3) is 5.91 Å². The smallest absolute Gasteiger partial charge is 0.264 e. The number of amides is 1. The molecule has 9 heteroatoms. The minimum atomic E-state index is -3.78. The molecule has 3 heterocycles. The van der Waals surface area contributed by atoms with E-state index in [1.165, 1.54) is 24.8 Å². The second kappa shape index (κ2) is 10.2. The lowest BCUT2D eigenvalue weighted by Gasteiger charge is -2.23. The maximum absolute atomic E-state index is 13.1. The van der Waals surface area contributed by atoms with Gasteiger partial charge in [-0.25, -0.2) is 13.1 Å². The van der Waals surface area contributed by atoms with Crippen LogP contribution in [0.3, 0.4) is 0 Å². The van der Waals surface area contributed by atoms with Crippen LogP contribution in [0.4, 0.5) is 0 Å². The van der Waals surface area contributed by atoms with Crippen LogP contribution in [-0.4, -0.2) is 68.5 Å². The van der Waals surface area contributed by atoms with Crippen LogP contribution >= 0.6 is 0 Å². The number of fused-ring (bicyclic) bond motifs is 4. The number of para-hydroxylation sites is 1. The largest absolute Gasteiger partial charge is 0.486 e. The maximum atomic E-state index is 13.1. The number of sulfonamides is 1. The first-order valence-corrected chi connectivity index (χ1v) is 15.2. The van der Waals surface area contributed by atoms with E-state index in [0.717, 1.165) is 40.8 Å². The summed E-state index contributed by atoms with van der Waals surface area (Å²) < 4.78 is 36.5. The Labute approximate surface area is 223 Å². The molecule has 1 unspecified atom stereocenters. The topological polar surface area (TPSA) is 93.0 Å². The van der Waals surface area contributed by atoms with Crippen molar-refractivity contribution < 1.29 is 17.9 Å². The predicted octanol–water partition coefficient (Wildman–Crippen LogP) is 4.19. The lowest BCUT2D eigenvalue weighted by atomic mass is 9.81. The third-order valence-corrected chi connectivity index (χ3v) is 9.24. The van der Waals surface area contributed by atoms with Crippen LogP contribution in [0, 0.1) is 0 Å². The zero-order valence-corrected chi connectivity index (χ0v) is 22.5. The van der Waals surface area contributed by atoms with Crippen molar-refractivity contribution in [2.45, 2.75) is 50.7 Å². The van der Waals surface area contributed by atoms with Gasteiger partial charge in [-0.15, -0.1) is 0 Å². The van der Waals surface area contributed by atoms with Crippen molar-refractivity contribution in [1.82, 2.24) is 14.2 Å². The zero-order valence-electron chi connectivity index (χ0n) is 21.7. The van der Waals surface area contributed by atoms with Crippen LogP contribution in [0.25, 0.3) is 22.2 Å². The molecule has 1 aromatic heterocycles. The monoisotopic (exact) mass is 534 g/mol. The molecular weight excluding hydrogens is 500 g/mol. The van der Waals surface area contributed by atoms with Gasteiger partial charge in [0.2, 0.25) is 10.0 Å². The fraction of sp³-hybridized carbons (Fsp3) is 0.448. The first-order chi connectivity index (χ1) is 18.4.